The van der Waals surface area contributed by atoms with Crippen LogP contribution < -0.4 is 4.72 Å². The summed E-state index contributed by atoms with van der Waals surface area (Å²) in [6.45, 7) is 4.35. The number of ether oxygens (including phenoxy) is 1. The van der Waals surface area contributed by atoms with E-state index in [0.29, 0.717) is 25.1 Å². The third-order valence-corrected chi connectivity index (χ3v) is 4.94. The van der Waals surface area contributed by atoms with Crippen LogP contribution in [0.1, 0.15) is 18.9 Å². The van der Waals surface area contributed by atoms with Crippen molar-refractivity contribution in [2.45, 2.75) is 25.2 Å². The molecule has 8 heteroatoms. The van der Waals surface area contributed by atoms with Gasteiger partial charge in [-0.15, -0.1) is 0 Å². The van der Waals surface area contributed by atoms with Gasteiger partial charge in [-0.3, -0.25) is 4.79 Å². The van der Waals surface area contributed by atoms with E-state index in [2.05, 4.69) is 4.72 Å². The molecule has 0 spiro atoms. The molecule has 1 aromatic carbocycles. The monoisotopic (exact) mass is 346 g/mol. The quantitative estimate of drug-likeness (QED) is 0.684. The van der Waals surface area contributed by atoms with Crippen LogP contribution in [0, 0.1) is 12.7 Å². The number of nitrogens with one attached hydrogen (secondary N) is 1. The number of benzene rings is 1. The number of carbonyl (C=O) groups is 1. The first-order chi connectivity index (χ1) is 10.8. The van der Waals surface area contributed by atoms with Crippen molar-refractivity contribution >= 4 is 15.9 Å². The molecule has 1 rings (SSSR count). The van der Waals surface area contributed by atoms with E-state index in [0.717, 1.165) is 6.07 Å². The first-order valence-electron chi connectivity index (χ1n) is 7.28. The van der Waals surface area contributed by atoms with E-state index in [4.69, 9.17) is 4.74 Å². The molecule has 0 aliphatic rings. The molecule has 23 heavy (non-hydrogen) atoms. The number of rotatable bonds is 9. The molecule has 0 atom stereocenters. The number of halogens is 1. The minimum atomic E-state index is -3.73. The van der Waals surface area contributed by atoms with Gasteiger partial charge in [0, 0.05) is 40.3 Å². The van der Waals surface area contributed by atoms with Crippen LogP contribution >= 0.6 is 0 Å². The average molecular weight is 346 g/mol. The lowest BCUT2D eigenvalue weighted by Gasteiger charge is -2.21. The highest BCUT2D eigenvalue weighted by atomic mass is 32.2. The lowest BCUT2D eigenvalue weighted by molar-refractivity contribution is -0.128. The van der Waals surface area contributed by atoms with Crippen LogP contribution in [-0.2, 0) is 19.6 Å². The highest BCUT2D eigenvalue weighted by Crippen LogP contribution is 2.15. The molecule has 0 radical (unpaired) electrons. The normalized spacial score (nSPS) is 11.5. The fraction of sp³-hybridized carbons (Fsp3) is 0.533. The zero-order valence-corrected chi connectivity index (χ0v) is 14.5. The predicted molar refractivity (Wildman–Crippen MR) is 85.1 cm³/mol. The number of methoxy groups -OCH3 is 1. The third-order valence-electron chi connectivity index (χ3n) is 3.32. The predicted octanol–water partition coefficient (Wildman–Crippen LogP) is 1.30. The number of nitrogens with zero attached hydrogens (tertiary/aromatic N) is 1. The Kier molecular flexibility index (Phi) is 7.60. The van der Waals surface area contributed by atoms with E-state index < -0.39 is 15.8 Å². The summed E-state index contributed by atoms with van der Waals surface area (Å²) < 4.78 is 44.9. The molecule has 0 unspecified atom stereocenters. The van der Waals surface area contributed by atoms with Gasteiger partial charge in [0.25, 0.3) is 0 Å². The van der Waals surface area contributed by atoms with Gasteiger partial charge in [0.1, 0.15) is 5.82 Å². The van der Waals surface area contributed by atoms with E-state index in [1.807, 2.05) is 0 Å². The maximum absolute atomic E-state index is 13.1. The van der Waals surface area contributed by atoms with Crippen LogP contribution in [-0.4, -0.2) is 52.6 Å². The topological polar surface area (TPSA) is 75.7 Å². The molecule has 1 N–H and O–H groups in total. The largest absolute Gasteiger partial charge is 0.385 e. The second kappa shape index (κ2) is 8.95. The second-order valence-electron chi connectivity index (χ2n) is 5.16. The summed E-state index contributed by atoms with van der Waals surface area (Å²) in [5.41, 5.74) is 0.334. The Hall–Kier alpha value is -1.51. The number of aryl methyl sites for hydroxylation is 1. The van der Waals surface area contributed by atoms with Gasteiger partial charge in [0.05, 0.1) is 4.90 Å². The van der Waals surface area contributed by atoms with Gasteiger partial charge >= 0.3 is 0 Å². The van der Waals surface area contributed by atoms with Crippen molar-refractivity contribution in [2.75, 3.05) is 33.4 Å². The average Bonchev–Trinajstić information content (AvgIpc) is 2.45. The van der Waals surface area contributed by atoms with E-state index in [1.165, 1.54) is 26.0 Å². The van der Waals surface area contributed by atoms with Crippen LogP contribution in [0.3, 0.4) is 0 Å². The Balaban J connectivity index is 2.62. The summed E-state index contributed by atoms with van der Waals surface area (Å²) >= 11 is 0. The maximum atomic E-state index is 13.1. The molecule has 0 aliphatic heterocycles. The van der Waals surface area contributed by atoms with Gasteiger partial charge in [-0.1, -0.05) is 0 Å². The zero-order chi connectivity index (χ0) is 17.5. The standard InChI is InChI=1S/C15H23FN2O4S/c1-12-11-14(16)5-6-15(12)23(20,21)17-7-9-18(13(2)19)8-4-10-22-3/h5-6,11,17H,4,7-10H2,1-3H3. The van der Waals surface area contributed by atoms with Crippen LogP contribution in [0.5, 0.6) is 0 Å². The van der Waals surface area contributed by atoms with E-state index in [1.54, 1.807) is 12.0 Å². The van der Waals surface area contributed by atoms with Gasteiger partial charge < -0.3 is 9.64 Å². The molecule has 0 saturated heterocycles. The van der Waals surface area contributed by atoms with Crippen LogP contribution in [0.4, 0.5) is 4.39 Å². The van der Waals surface area contributed by atoms with Gasteiger partial charge in [-0.2, -0.15) is 0 Å². The van der Waals surface area contributed by atoms with Gasteiger partial charge in [0.2, 0.25) is 15.9 Å². The molecule has 6 nitrogen and oxygen atoms in total. The summed E-state index contributed by atoms with van der Waals surface area (Å²) in [5.74, 6) is -0.611. The van der Waals surface area contributed by atoms with Gasteiger partial charge in [-0.25, -0.2) is 17.5 Å². The number of hydrogen-bond donors (Lipinski definition) is 1. The minimum absolute atomic E-state index is 0.0349. The number of sulfonamides is 1. The molecule has 1 aromatic rings. The van der Waals surface area contributed by atoms with Crippen molar-refractivity contribution in [1.29, 1.82) is 0 Å². The van der Waals surface area contributed by atoms with E-state index in [9.17, 15) is 17.6 Å². The van der Waals surface area contributed by atoms with Crippen molar-refractivity contribution in [2.24, 2.45) is 0 Å². The van der Waals surface area contributed by atoms with Gasteiger partial charge in [-0.05, 0) is 37.1 Å². The molecule has 0 aliphatic carbocycles. The molecule has 0 bridgehead atoms. The number of amides is 1. The first kappa shape index (κ1) is 19.5. The summed E-state index contributed by atoms with van der Waals surface area (Å²) in [7, 11) is -2.15. The number of carbonyl (C=O) groups excluding carboxylic acids is 1. The summed E-state index contributed by atoms with van der Waals surface area (Å²) in [5, 5.41) is 0. The van der Waals surface area contributed by atoms with Crippen molar-refractivity contribution < 1.29 is 22.3 Å². The van der Waals surface area contributed by atoms with E-state index >= 15 is 0 Å². The summed E-state index contributed by atoms with van der Waals surface area (Å²) in [6, 6.07) is 3.50. The Bertz CT molecular complexity index is 634. The first-order valence-corrected chi connectivity index (χ1v) is 8.76. The fourth-order valence-electron chi connectivity index (χ4n) is 2.13. The molecule has 0 saturated carbocycles. The molecular formula is C15H23FN2O4S. The van der Waals surface area contributed by atoms with Crippen molar-refractivity contribution in [3.8, 4) is 0 Å². The fourth-order valence-corrected chi connectivity index (χ4v) is 3.38. The number of hydrogen-bond acceptors (Lipinski definition) is 4. The summed E-state index contributed by atoms with van der Waals surface area (Å²) in [4.78, 5) is 13.1. The highest BCUT2D eigenvalue weighted by molar-refractivity contribution is 7.89. The van der Waals surface area contributed by atoms with Crippen molar-refractivity contribution in [3.05, 3.63) is 29.6 Å². The lowest BCUT2D eigenvalue weighted by atomic mass is 10.2. The smallest absolute Gasteiger partial charge is 0.240 e. The zero-order valence-electron chi connectivity index (χ0n) is 13.6. The highest BCUT2D eigenvalue weighted by Gasteiger charge is 2.17. The minimum Gasteiger partial charge on any atom is -0.385 e. The van der Waals surface area contributed by atoms with Crippen LogP contribution in [0.15, 0.2) is 23.1 Å². The molecule has 0 aromatic heterocycles. The molecule has 1 amide bonds. The molecule has 130 valence electrons. The third kappa shape index (κ3) is 6.25. The summed E-state index contributed by atoms with van der Waals surface area (Å²) in [6.07, 6.45) is 0.680. The Morgan fingerprint density at radius 1 is 1.35 bits per heavy atom. The van der Waals surface area contributed by atoms with Gasteiger partial charge in [0.15, 0.2) is 0 Å². The van der Waals surface area contributed by atoms with Crippen molar-refractivity contribution in [3.63, 3.8) is 0 Å². The Morgan fingerprint density at radius 3 is 2.61 bits per heavy atom. The second-order valence-corrected chi connectivity index (χ2v) is 6.90. The molecular weight excluding hydrogens is 323 g/mol. The Labute approximate surface area is 136 Å². The molecule has 0 heterocycles. The maximum Gasteiger partial charge on any atom is 0.240 e. The Morgan fingerprint density at radius 2 is 2.04 bits per heavy atom. The lowest BCUT2D eigenvalue weighted by Crippen LogP contribution is -2.38. The SMILES string of the molecule is COCCCN(CCNS(=O)(=O)c1ccc(F)cc1C)C(C)=O. The van der Waals surface area contributed by atoms with Crippen molar-refractivity contribution in [1.82, 2.24) is 9.62 Å². The van der Waals surface area contributed by atoms with Crippen LogP contribution in [0.25, 0.3) is 0 Å². The van der Waals surface area contributed by atoms with E-state index in [-0.39, 0.29) is 23.9 Å². The van der Waals surface area contributed by atoms with Crippen LogP contribution in [0.2, 0.25) is 0 Å². The molecule has 0 fully saturated rings.